The third kappa shape index (κ3) is 2.49. The summed E-state index contributed by atoms with van der Waals surface area (Å²) in [6.45, 7) is 3.90. The Morgan fingerprint density at radius 3 is 2.89 bits per heavy atom. The molecule has 0 saturated carbocycles. The van der Waals surface area contributed by atoms with E-state index in [2.05, 4.69) is 6.92 Å². The van der Waals surface area contributed by atoms with Crippen molar-refractivity contribution in [2.45, 2.75) is 13.3 Å². The van der Waals surface area contributed by atoms with E-state index in [9.17, 15) is 9.18 Å². The average Bonchev–Trinajstić information content (AvgIpc) is 2.72. The number of hydrogen-bond acceptors (Lipinski definition) is 2. The summed E-state index contributed by atoms with van der Waals surface area (Å²) in [5, 5.41) is 0.154. The van der Waals surface area contributed by atoms with Gasteiger partial charge < -0.3 is 10.6 Å². The highest BCUT2D eigenvalue weighted by Crippen LogP contribution is 2.30. The van der Waals surface area contributed by atoms with E-state index in [0.717, 1.165) is 12.5 Å². The molecule has 1 fully saturated rings. The highest BCUT2D eigenvalue weighted by atomic mass is 35.5. The van der Waals surface area contributed by atoms with Crippen molar-refractivity contribution >= 4 is 17.5 Å². The minimum Gasteiger partial charge on any atom is -0.338 e. The van der Waals surface area contributed by atoms with E-state index in [1.54, 1.807) is 4.90 Å². The molecule has 1 saturated heterocycles. The molecule has 0 spiro atoms. The predicted molar refractivity (Wildman–Crippen MR) is 69.1 cm³/mol. The van der Waals surface area contributed by atoms with Crippen molar-refractivity contribution in [2.75, 3.05) is 19.6 Å². The van der Waals surface area contributed by atoms with Crippen LogP contribution in [0.4, 0.5) is 4.39 Å². The minimum absolute atomic E-state index is 0.0256. The molecular formula is C13H16ClFN2O. The zero-order valence-electron chi connectivity index (χ0n) is 10.2. The molecule has 0 aliphatic carbocycles. The first-order chi connectivity index (χ1) is 8.45. The number of hydrogen-bond donors (Lipinski definition) is 1. The summed E-state index contributed by atoms with van der Waals surface area (Å²) < 4.78 is 12.9. The third-order valence-electron chi connectivity index (χ3n) is 3.50. The minimum atomic E-state index is -0.440. The molecule has 1 aromatic carbocycles. The first kappa shape index (κ1) is 13.3. The summed E-state index contributed by atoms with van der Waals surface area (Å²) in [6.07, 6.45) is 0.883. The van der Waals surface area contributed by atoms with Gasteiger partial charge in [-0.1, -0.05) is 18.5 Å². The summed E-state index contributed by atoms with van der Waals surface area (Å²) in [5.41, 5.74) is 6.03. The van der Waals surface area contributed by atoms with Crippen LogP contribution in [0.1, 0.15) is 23.7 Å². The normalized spacial score (nSPS) is 23.4. The largest absolute Gasteiger partial charge is 0.338 e. The second kappa shape index (κ2) is 4.86. The van der Waals surface area contributed by atoms with Crippen molar-refractivity contribution in [1.82, 2.24) is 4.90 Å². The highest BCUT2D eigenvalue weighted by Gasteiger charge is 2.35. The van der Waals surface area contributed by atoms with Gasteiger partial charge in [0.2, 0.25) is 0 Å². The van der Waals surface area contributed by atoms with Crippen LogP contribution in [-0.4, -0.2) is 30.4 Å². The van der Waals surface area contributed by atoms with Crippen LogP contribution in [0, 0.1) is 11.2 Å². The van der Waals surface area contributed by atoms with Crippen LogP contribution in [0.2, 0.25) is 5.02 Å². The maximum absolute atomic E-state index is 12.9. The Morgan fingerprint density at radius 2 is 2.33 bits per heavy atom. The number of halogens is 2. The second-order valence-corrected chi connectivity index (χ2v) is 5.52. The maximum atomic E-state index is 12.9. The van der Waals surface area contributed by atoms with Gasteiger partial charge in [-0.3, -0.25) is 4.79 Å². The molecule has 2 N–H and O–H groups in total. The van der Waals surface area contributed by atoms with Crippen molar-refractivity contribution in [3.63, 3.8) is 0 Å². The molecule has 3 nitrogen and oxygen atoms in total. The molecule has 1 aromatic rings. The van der Waals surface area contributed by atoms with E-state index < -0.39 is 5.82 Å². The Balaban J connectivity index is 2.18. The van der Waals surface area contributed by atoms with Gasteiger partial charge >= 0.3 is 0 Å². The van der Waals surface area contributed by atoms with Crippen LogP contribution in [0.15, 0.2) is 18.2 Å². The van der Waals surface area contributed by atoms with Crippen molar-refractivity contribution in [3.05, 3.63) is 34.6 Å². The van der Waals surface area contributed by atoms with Crippen LogP contribution in [0.5, 0.6) is 0 Å². The lowest BCUT2D eigenvalue weighted by Crippen LogP contribution is -2.34. The van der Waals surface area contributed by atoms with Gasteiger partial charge in [0.1, 0.15) is 5.82 Å². The molecule has 1 unspecified atom stereocenters. The Labute approximate surface area is 111 Å². The molecule has 1 heterocycles. The lowest BCUT2D eigenvalue weighted by atomic mass is 9.90. The number of likely N-dealkylation sites (tertiary alicyclic amines) is 1. The van der Waals surface area contributed by atoms with Crippen LogP contribution in [-0.2, 0) is 0 Å². The summed E-state index contributed by atoms with van der Waals surface area (Å²) in [6, 6.07) is 3.84. The maximum Gasteiger partial charge on any atom is 0.255 e. The molecule has 98 valence electrons. The zero-order chi connectivity index (χ0) is 13.3. The number of nitrogens with two attached hydrogens (primary N) is 1. The monoisotopic (exact) mass is 270 g/mol. The molecule has 1 aliphatic heterocycles. The van der Waals surface area contributed by atoms with Gasteiger partial charge in [-0.2, -0.15) is 0 Å². The van der Waals surface area contributed by atoms with Crippen molar-refractivity contribution in [2.24, 2.45) is 11.1 Å². The fourth-order valence-electron chi connectivity index (χ4n) is 2.20. The molecule has 18 heavy (non-hydrogen) atoms. The molecule has 5 heteroatoms. The molecule has 1 amide bonds. The molecule has 0 bridgehead atoms. The van der Waals surface area contributed by atoms with Crippen molar-refractivity contribution in [1.29, 1.82) is 0 Å². The lowest BCUT2D eigenvalue weighted by molar-refractivity contribution is 0.0777. The summed E-state index contributed by atoms with van der Waals surface area (Å²) in [4.78, 5) is 14.0. The van der Waals surface area contributed by atoms with Crippen LogP contribution in [0.25, 0.3) is 0 Å². The molecule has 1 atom stereocenters. The summed E-state index contributed by atoms with van der Waals surface area (Å²) in [5.74, 6) is -0.595. The van der Waals surface area contributed by atoms with Gasteiger partial charge in [0, 0.05) is 13.1 Å². The fourth-order valence-corrected chi connectivity index (χ4v) is 2.45. The number of amides is 1. The van der Waals surface area contributed by atoms with E-state index in [4.69, 9.17) is 17.3 Å². The quantitative estimate of drug-likeness (QED) is 0.896. The van der Waals surface area contributed by atoms with Gasteiger partial charge in [0.05, 0.1) is 10.6 Å². The van der Waals surface area contributed by atoms with Crippen molar-refractivity contribution < 1.29 is 9.18 Å². The fraction of sp³-hybridized carbons (Fsp3) is 0.462. The lowest BCUT2D eigenvalue weighted by Gasteiger charge is -2.22. The molecular weight excluding hydrogens is 255 g/mol. The van der Waals surface area contributed by atoms with E-state index in [-0.39, 0.29) is 16.3 Å². The van der Waals surface area contributed by atoms with Crippen LogP contribution in [0.3, 0.4) is 0 Å². The molecule has 0 radical (unpaired) electrons. The summed E-state index contributed by atoms with van der Waals surface area (Å²) >= 11 is 5.90. The van der Waals surface area contributed by atoms with Crippen LogP contribution < -0.4 is 5.73 Å². The van der Waals surface area contributed by atoms with Gasteiger partial charge in [-0.25, -0.2) is 4.39 Å². The third-order valence-corrected chi connectivity index (χ3v) is 3.81. The Kier molecular flexibility index (Phi) is 3.59. The Morgan fingerprint density at radius 1 is 1.61 bits per heavy atom. The van der Waals surface area contributed by atoms with E-state index >= 15 is 0 Å². The SMILES string of the molecule is CC1(CN)CCN(C(=O)c2ccc(F)cc2Cl)C1. The standard InChI is InChI=1S/C13H16ClFN2O/c1-13(7-16)4-5-17(8-13)12(18)10-3-2-9(15)6-11(10)14/h2-3,6H,4-5,7-8,16H2,1H3. The highest BCUT2D eigenvalue weighted by molar-refractivity contribution is 6.33. The van der Waals surface area contributed by atoms with E-state index in [1.165, 1.54) is 12.1 Å². The van der Waals surface area contributed by atoms with Gasteiger partial charge in [0.15, 0.2) is 0 Å². The molecule has 1 aliphatic rings. The Bertz CT molecular complexity index is 480. The van der Waals surface area contributed by atoms with E-state index in [0.29, 0.717) is 25.2 Å². The summed E-state index contributed by atoms with van der Waals surface area (Å²) in [7, 11) is 0. The van der Waals surface area contributed by atoms with Gasteiger partial charge in [-0.15, -0.1) is 0 Å². The number of benzene rings is 1. The molecule has 2 rings (SSSR count). The Hall–Kier alpha value is -1.13. The van der Waals surface area contributed by atoms with Crippen LogP contribution >= 0.6 is 11.6 Å². The first-order valence-corrected chi connectivity index (χ1v) is 6.27. The number of rotatable bonds is 2. The zero-order valence-corrected chi connectivity index (χ0v) is 11.0. The van der Waals surface area contributed by atoms with Crippen molar-refractivity contribution in [3.8, 4) is 0 Å². The topological polar surface area (TPSA) is 46.3 Å². The number of carbonyl (C=O) groups is 1. The average molecular weight is 271 g/mol. The number of nitrogens with zero attached hydrogens (tertiary/aromatic N) is 1. The van der Waals surface area contributed by atoms with E-state index in [1.807, 2.05) is 0 Å². The van der Waals surface area contributed by atoms with Gasteiger partial charge in [-0.05, 0) is 36.6 Å². The first-order valence-electron chi connectivity index (χ1n) is 5.90. The molecule has 0 aromatic heterocycles. The smallest absolute Gasteiger partial charge is 0.255 e. The van der Waals surface area contributed by atoms with Gasteiger partial charge in [0.25, 0.3) is 5.91 Å². The second-order valence-electron chi connectivity index (χ2n) is 5.12. The number of carbonyl (C=O) groups excluding carboxylic acids is 1. The predicted octanol–water partition coefficient (Wildman–Crippen LogP) is 2.29.